The van der Waals surface area contributed by atoms with Gasteiger partial charge >= 0.3 is 0 Å². The molecule has 0 amide bonds. The lowest BCUT2D eigenvalue weighted by Gasteiger charge is -2.36. The minimum atomic E-state index is -2.47. The van der Waals surface area contributed by atoms with Crippen molar-refractivity contribution in [1.82, 2.24) is 9.78 Å². The second-order valence-corrected chi connectivity index (χ2v) is 5.61. The summed E-state index contributed by atoms with van der Waals surface area (Å²) in [4.78, 5) is 0. The van der Waals surface area contributed by atoms with Crippen molar-refractivity contribution in [1.29, 1.82) is 0 Å². The van der Waals surface area contributed by atoms with E-state index < -0.39 is 5.92 Å². The van der Waals surface area contributed by atoms with Gasteiger partial charge in [-0.15, -0.1) is 0 Å². The average molecular weight is 255 g/mol. The largest absolute Gasteiger partial charge is 0.373 e. The second kappa shape index (κ2) is 3.93. The summed E-state index contributed by atoms with van der Waals surface area (Å²) >= 11 is 0. The Balaban J connectivity index is 1.93. The monoisotopic (exact) mass is 255 g/mol. The van der Waals surface area contributed by atoms with Gasteiger partial charge in [0.25, 0.3) is 0 Å². The summed E-state index contributed by atoms with van der Waals surface area (Å²) in [6, 6.07) is 0. The standard InChI is InChI=1S/C13H19F2N3/c1-16-12-10(8-4-3-5-8)11(17-18(12)2)9-6-13(14,15)7-9/h8-9,16H,3-7H2,1-2H3. The van der Waals surface area contributed by atoms with Crippen LogP contribution in [0.2, 0.25) is 0 Å². The predicted octanol–water partition coefficient (Wildman–Crippen LogP) is 3.24. The number of nitrogens with one attached hydrogen (secondary N) is 1. The molecule has 2 saturated carbocycles. The van der Waals surface area contributed by atoms with Gasteiger partial charge in [-0.05, 0) is 18.8 Å². The zero-order chi connectivity index (χ0) is 12.9. The Bertz CT molecular complexity index is 455. The van der Waals surface area contributed by atoms with Crippen molar-refractivity contribution in [2.75, 3.05) is 12.4 Å². The highest BCUT2D eigenvalue weighted by atomic mass is 19.3. The number of hydrogen-bond acceptors (Lipinski definition) is 2. The van der Waals surface area contributed by atoms with Gasteiger partial charge in [-0.25, -0.2) is 8.78 Å². The van der Waals surface area contributed by atoms with Gasteiger partial charge in [-0.1, -0.05) is 6.42 Å². The molecular weight excluding hydrogens is 236 g/mol. The van der Waals surface area contributed by atoms with E-state index in [0.29, 0.717) is 5.92 Å². The molecule has 3 rings (SSSR count). The van der Waals surface area contributed by atoms with Crippen LogP contribution in [0.1, 0.15) is 55.2 Å². The molecule has 2 aliphatic carbocycles. The first kappa shape index (κ1) is 11.9. The lowest BCUT2D eigenvalue weighted by Crippen LogP contribution is -2.34. The molecule has 3 nitrogen and oxygen atoms in total. The average Bonchev–Trinajstić information content (AvgIpc) is 2.49. The fourth-order valence-electron chi connectivity index (χ4n) is 3.11. The summed E-state index contributed by atoms with van der Waals surface area (Å²) in [5, 5.41) is 7.66. The predicted molar refractivity (Wildman–Crippen MR) is 66.3 cm³/mol. The highest BCUT2D eigenvalue weighted by Crippen LogP contribution is 2.52. The lowest BCUT2D eigenvalue weighted by molar-refractivity contribution is -0.0879. The third-order valence-corrected chi connectivity index (χ3v) is 4.34. The molecule has 2 aliphatic rings. The Hall–Kier alpha value is -1.13. The Morgan fingerprint density at radius 3 is 2.39 bits per heavy atom. The van der Waals surface area contributed by atoms with Gasteiger partial charge in [-0.2, -0.15) is 5.10 Å². The third-order valence-electron chi connectivity index (χ3n) is 4.34. The van der Waals surface area contributed by atoms with Crippen LogP contribution >= 0.6 is 0 Å². The fraction of sp³-hybridized carbons (Fsp3) is 0.769. The van der Waals surface area contributed by atoms with E-state index >= 15 is 0 Å². The van der Waals surface area contributed by atoms with Crippen molar-refractivity contribution in [2.24, 2.45) is 7.05 Å². The molecule has 0 unspecified atom stereocenters. The lowest BCUT2D eigenvalue weighted by atomic mass is 9.73. The topological polar surface area (TPSA) is 29.9 Å². The molecule has 1 heterocycles. The van der Waals surface area contributed by atoms with Crippen molar-refractivity contribution in [2.45, 2.75) is 49.9 Å². The molecule has 0 bridgehead atoms. The highest BCUT2D eigenvalue weighted by Gasteiger charge is 2.48. The van der Waals surface area contributed by atoms with E-state index in [9.17, 15) is 8.78 Å². The van der Waals surface area contributed by atoms with Crippen LogP contribution in [0.25, 0.3) is 0 Å². The normalized spacial score (nSPS) is 23.6. The Labute approximate surface area is 106 Å². The minimum absolute atomic E-state index is 0.0348. The van der Waals surface area contributed by atoms with Gasteiger partial charge in [0, 0.05) is 38.4 Å². The van der Waals surface area contributed by atoms with E-state index in [1.807, 2.05) is 14.1 Å². The third kappa shape index (κ3) is 1.71. The molecule has 100 valence electrons. The van der Waals surface area contributed by atoms with Gasteiger partial charge < -0.3 is 5.32 Å². The summed E-state index contributed by atoms with van der Waals surface area (Å²) in [5.74, 6) is -1.00. The summed E-state index contributed by atoms with van der Waals surface area (Å²) < 4.78 is 27.9. The maximum atomic E-state index is 13.0. The number of aryl methyl sites for hydroxylation is 1. The Morgan fingerprint density at radius 2 is 1.94 bits per heavy atom. The van der Waals surface area contributed by atoms with Crippen LogP contribution in [0, 0.1) is 0 Å². The van der Waals surface area contributed by atoms with Crippen LogP contribution < -0.4 is 5.32 Å². The molecule has 0 atom stereocenters. The van der Waals surface area contributed by atoms with Gasteiger partial charge in [0.1, 0.15) is 5.82 Å². The fourth-order valence-corrected chi connectivity index (χ4v) is 3.11. The van der Waals surface area contributed by atoms with Crippen molar-refractivity contribution in [3.05, 3.63) is 11.3 Å². The zero-order valence-electron chi connectivity index (χ0n) is 10.8. The summed E-state index contributed by atoms with van der Waals surface area (Å²) in [7, 11) is 3.76. The Morgan fingerprint density at radius 1 is 1.28 bits per heavy atom. The maximum Gasteiger partial charge on any atom is 0.249 e. The molecule has 1 aromatic rings. The maximum absolute atomic E-state index is 13.0. The number of halogens is 2. The van der Waals surface area contributed by atoms with Gasteiger partial charge in [0.05, 0.1) is 5.69 Å². The molecule has 0 aromatic carbocycles. The number of anilines is 1. The molecule has 0 aliphatic heterocycles. The molecule has 0 radical (unpaired) electrons. The summed E-state index contributed by atoms with van der Waals surface area (Å²) in [6.45, 7) is 0. The van der Waals surface area contributed by atoms with E-state index in [1.165, 1.54) is 12.0 Å². The van der Waals surface area contributed by atoms with Crippen LogP contribution in [0.15, 0.2) is 0 Å². The number of rotatable bonds is 3. The van der Waals surface area contributed by atoms with Gasteiger partial charge in [0.2, 0.25) is 5.92 Å². The summed E-state index contributed by atoms with van der Waals surface area (Å²) in [5.41, 5.74) is 2.12. The molecule has 1 N–H and O–H groups in total. The highest BCUT2D eigenvalue weighted by molar-refractivity contribution is 5.51. The van der Waals surface area contributed by atoms with E-state index in [0.717, 1.165) is 24.4 Å². The molecule has 18 heavy (non-hydrogen) atoms. The zero-order valence-corrected chi connectivity index (χ0v) is 10.8. The molecule has 0 spiro atoms. The molecule has 5 heteroatoms. The first-order valence-corrected chi connectivity index (χ1v) is 6.64. The van der Waals surface area contributed by atoms with Gasteiger partial charge in [0.15, 0.2) is 0 Å². The first-order valence-electron chi connectivity index (χ1n) is 6.64. The van der Waals surface area contributed by atoms with Crippen molar-refractivity contribution in [3.8, 4) is 0 Å². The molecule has 0 saturated heterocycles. The van der Waals surface area contributed by atoms with Crippen LogP contribution in [-0.4, -0.2) is 22.8 Å². The van der Waals surface area contributed by atoms with Crippen molar-refractivity contribution < 1.29 is 8.78 Å². The Kier molecular flexibility index (Phi) is 2.61. The number of alkyl halides is 2. The van der Waals surface area contributed by atoms with Crippen molar-refractivity contribution >= 4 is 5.82 Å². The van der Waals surface area contributed by atoms with Crippen LogP contribution in [0.5, 0.6) is 0 Å². The van der Waals surface area contributed by atoms with E-state index in [-0.39, 0.29) is 18.8 Å². The van der Waals surface area contributed by atoms with Crippen molar-refractivity contribution in [3.63, 3.8) is 0 Å². The first-order chi connectivity index (χ1) is 8.52. The van der Waals surface area contributed by atoms with Gasteiger partial charge in [-0.3, -0.25) is 4.68 Å². The van der Waals surface area contributed by atoms with E-state index in [4.69, 9.17) is 0 Å². The van der Waals surface area contributed by atoms with E-state index in [1.54, 1.807) is 4.68 Å². The molecule has 2 fully saturated rings. The number of aromatic nitrogens is 2. The number of nitrogens with zero attached hydrogens (tertiary/aromatic N) is 2. The second-order valence-electron chi connectivity index (χ2n) is 5.61. The summed E-state index contributed by atoms with van der Waals surface area (Å²) in [6.07, 6.45) is 3.50. The molecule has 1 aromatic heterocycles. The minimum Gasteiger partial charge on any atom is -0.373 e. The smallest absolute Gasteiger partial charge is 0.249 e. The number of hydrogen-bond donors (Lipinski definition) is 1. The van der Waals surface area contributed by atoms with E-state index in [2.05, 4.69) is 10.4 Å². The quantitative estimate of drug-likeness (QED) is 0.898. The van der Waals surface area contributed by atoms with Crippen LogP contribution in [-0.2, 0) is 7.05 Å². The van der Waals surface area contributed by atoms with Crippen LogP contribution in [0.4, 0.5) is 14.6 Å². The molecular formula is C13H19F2N3. The SMILES string of the molecule is CNc1c(C2CCC2)c(C2CC(F)(F)C2)nn1C. The van der Waals surface area contributed by atoms with Crippen LogP contribution in [0.3, 0.4) is 0 Å².